The first-order valence-corrected chi connectivity index (χ1v) is 20.0. The van der Waals surface area contributed by atoms with Crippen molar-refractivity contribution in [2.75, 3.05) is 0 Å². The third kappa shape index (κ3) is 5.73. The van der Waals surface area contributed by atoms with Crippen LogP contribution in [0.15, 0.2) is 188 Å². The van der Waals surface area contributed by atoms with Gasteiger partial charge in [0.25, 0.3) is 0 Å². The highest BCUT2D eigenvalue weighted by Crippen LogP contribution is 2.41. The van der Waals surface area contributed by atoms with Crippen molar-refractivity contribution < 1.29 is 0 Å². The molecule has 270 valence electrons. The molecule has 0 N–H and O–H groups in total. The second kappa shape index (κ2) is 13.8. The largest absolute Gasteiger partial charge is 0.308 e. The predicted octanol–water partition coefficient (Wildman–Crippen LogP) is 13.5. The molecule has 3 heterocycles. The van der Waals surface area contributed by atoms with Gasteiger partial charge in [-0.1, -0.05) is 140 Å². The zero-order valence-electron chi connectivity index (χ0n) is 31.0. The van der Waals surface area contributed by atoms with E-state index in [0.29, 0.717) is 23.0 Å². The minimum atomic E-state index is 0.580. The van der Waals surface area contributed by atoms with Crippen LogP contribution < -0.4 is 0 Å². The van der Waals surface area contributed by atoms with Crippen LogP contribution in [0, 0.1) is 11.3 Å². The Labute approximate surface area is 338 Å². The van der Waals surface area contributed by atoms with Gasteiger partial charge < -0.3 is 4.57 Å². The molecular formula is C52H31N5S. The van der Waals surface area contributed by atoms with Gasteiger partial charge in [-0.3, -0.25) is 0 Å². The molecule has 11 aromatic rings. The van der Waals surface area contributed by atoms with Gasteiger partial charge in [0, 0.05) is 47.6 Å². The maximum atomic E-state index is 9.71. The van der Waals surface area contributed by atoms with Gasteiger partial charge in [0.05, 0.1) is 28.4 Å². The molecule has 0 spiro atoms. The number of hydrogen-bond donors (Lipinski definition) is 0. The fraction of sp³-hybridized carbons (Fsp3) is 0. The van der Waals surface area contributed by atoms with Crippen molar-refractivity contribution in [1.82, 2.24) is 19.5 Å². The van der Waals surface area contributed by atoms with E-state index in [1.165, 1.54) is 20.2 Å². The molecule has 0 aliphatic rings. The van der Waals surface area contributed by atoms with E-state index < -0.39 is 0 Å². The second-order valence-corrected chi connectivity index (χ2v) is 15.4. The van der Waals surface area contributed by atoms with Gasteiger partial charge in [-0.15, -0.1) is 11.3 Å². The summed E-state index contributed by atoms with van der Waals surface area (Å²) in [5, 5.41) is 14.5. The van der Waals surface area contributed by atoms with Crippen LogP contribution in [0.5, 0.6) is 0 Å². The molecule has 0 fully saturated rings. The molecule has 8 aromatic carbocycles. The Hall–Kier alpha value is -7.72. The maximum Gasteiger partial charge on any atom is 0.166 e. The van der Waals surface area contributed by atoms with Crippen LogP contribution in [0.2, 0.25) is 0 Å². The lowest BCUT2D eigenvalue weighted by Gasteiger charge is -2.17. The van der Waals surface area contributed by atoms with Crippen molar-refractivity contribution in [1.29, 1.82) is 5.26 Å². The lowest BCUT2D eigenvalue weighted by atomic mass is 9.99. The van der Waals surface area contributed by atoms with E-state index in [-0.39, 0.29) is 0 Å². The molecule has 0 bridgehead atoms. The van der Waals surface area contributed by atoms with E-state index in [0.717, 1.165) is 66.4 Å². The van der Waals surface area contributed by atoms with Crippen molar-refractivity contribution in [2.45, 2.75) is 0 Å². The fourth-order valence-electron chi connectivity index (χ4n) is 8.10. The van der Waals surface area contributed by atoms with Crippen molar-refractivity contribution >= 4 is 53.3 Å². The number of para-hydroxylation sites is 1. The van der Waals surface area contributed by atoms with Crippen LogP contribution >= 0.6 is 11.3 Å². The number of nitriles is 1. The second-order valence-electron chi connectivity index (χ2n) is 14.4. The average Bonchev–Trinajstić information content (AvgIpc) is 3.84. The Balaban J connectivity index is 1.20. The molecule has 0 unspecified atom stereocenters. The lowest BCUT2D eigenvalue weighted by molar-refractivity contribution is 1.06. The van der Waals surface area contributed by atoms with Gasteiger partial charge >= 0.3 is 0 Å². The Morgan fingerprint density at radius 2 is 0.948 bits per heavy atom. The minimum Gasteiger partial charge on any atom is -0.308 e. The number of benzene rings is 8. The van der Waals surface area contributed by atoms with Crippen molar-refractivity contribution in [3.63, 3.8) is 0 Å². The summed E-state index contributed by atoms with van der Waals surface area (Å²) in [5.74, 6) is 1.79. The predicted molar refractivity (Wildman–Crippen MR) is 239 cm³/mol. The third-order valence-electron chi connectivity index (χ3n) is 10.9. The number of fused-ring (bicyclic) bond motifs is 6. The number of aromatic nitrogens is 4. The first kappa shape index (κ1) is 33.6. The summed E-state index contributed by atoms with van der Waals surface area (Å²) in [6, 6.07) is 67.5. The van der Waals surface area contributed by atoms with Crippen LogP contribution in [-0.4, -0.2) is 19.5 Å². The van der Waals surface area contributed by atoms with Crippen molar-refractivity contribution in [3.05, 3.63) is 194 Å². The fourth-order valence-corrected chi connectivity index (χ4v) is 9.25. The zero-order valence-corrected chi connectivity index (χ0v) is 31.9. The molecule has 0 amide bonds. The van der Waals surface area contributed by atoms with Crippen molar-refractivity contribution in [3.8, 4) is 68.2 Å². The summed E-state index contributed by atoms with van der Waals surface area (Å²) in [6.07, 6.45) is 0. The van der Waals surface area contributed by atoms with Crippen LogP contribution in [-0.2, 0) is 0 Å². The molecule has 0 saturated heterocycles. The highest BCUT2D eigenvalue weighted by atomic mass is 32.1. The molecule has 11 rings (SSSR count). The van der Waals surface area contributed by atoms with Crippen LogP contribution in [0.3, 0.4) is 0 Å². The van der Waals surface area contributed by atoms with Gasteiger partial charge in [-0.05, 0) is 70.8 Å². The van der Waals surface area contributed by atoms with Gasteiger partial charge in [0.15, 0.2) is 17.5 Å². The molecule has 58 heavy (non-hydrogen) atoms. The first-order chi connectivity index (χ1) is 28.7. The first-order valence-electron chi connectivity index (χ1n) is 19.2. The molecule has 0 aliphatic carbocycles. The lowest BCUT2D eigenvalue weighted by Crippen LogP contribution is -2.04. The minimum absolute atomic E-state index is 0.580. The Kier molecular flexibility index (Phi) is 7.99. The molecular weight excluding hydrogens is 727 g/mol. The quantitative estimate of drug-likeness (QED) is 0.169. The van der Waals surface area contributed by atoms with Gasteiger partial charge in [-0.25, -0.2) is 15.0 Å². The maximum absolute atomic E-state index is 9.71. The monoisotopic (exact) mass is 757 g/mol. The normalized spacial score (nSPS) is 11.4. The van der Waals surface area contributed by atoms with Gasteiger partial charge in [-0.2, -0.15) is 5.26 Å². The van der Waals surface area contributed by atoms with Crippen LogP contribution in [0.1, 0.15) is 5.56 Å². The summed E-state index contributed by atoms with van der Waals surface area (Å²) in [5.41, 5.74) is 10.6. The van der Waals surface area contributed by atoms with Gasteiger partial charge in [0.2, 0.25) is 0 Å². The number of thiophene rings is 1. The summed E-state index contributed by atoms with van der Waals surface area (Å²) in [6.45, 7) is 0. The molecule has 6 heteroatoms. The Morgan fingerprint density at radius 3 is 1.71 bits per heavy atom. The number of hydrogen-bond acceptors (Lipinski definition) is 5. The smallest absolute Gasteiger partial charge is 0.166 e. The molecule has 0 radical (unpaired) electrons. The topological polar surface area (TPSA) is 67.4 Å². The summed E-state index contributed by atoms with van der Waals surface area (Å²) in [4.78, 5) is 15.6. The van der Waals surface area contributed by atoms with E-state index in [2.05, 4.69) is 120 Å². The number of rotatable bonds is 6. The van der Waals surface area contributed by atoms with E-state index in [9.17, 15) is 5.26 Å². The molecule has 5 nitrogen and oxygen atoms in total. The molecule has 0 atom stereocenters. The molecule has 3 aromatic heterocycles. The van der Waals surface area contributed by atoms with Crippen LogP contribution in [0.4, 0.5) is 0 Å². The van der Waals surface area contributed by atoms with Gasteiger partial charge in [0.1, 0.15) is 0 Å². The highest BCUT2D eigenvalue weighted by Gasteiger charge is 2.21. The van der Waals surface area contributed by atoms with E-state index >= 15 is 0 Å². The third-order valence-corrected chi connectivity index (χ3v) is 12.0. The van der Waals surface area contributed by atoms with E-state index in [1.807, 2.05) is 90.2 Å². The molecule has 0 aliphatic heterocycles. The SMILES string of the molecule is N#Cc1cccc(-c2ccc3c4ccccc4n(-c4ccc(-c5ccc6c(c5)sc5ccccc56)cc4-c4nc(-c5ccccc5)nc(-c5ccccc5)n4)c3c2)c1. The zero-order chi connectivity index (χ0) is 38.6. The Morgan fingerprint density at radius 1 is 0.397 bits per heavy atom. The van der Waals surface area contributed by atoms with E-state index in [1.54, 1.807) is 0 Å². The summed E-state index contributed by atoms with van der Waals surface area (Å²) >= 11 is 1.82. The highest BCUT2D eigenvalue weighted by molar-refractivity contribution is 7.25. The molecule has 0 saturated carbocycles. The standard InChI is InChI=1S/C52H31N5S/c53-32-33-12-11-17-36(28-33)38-22-25-41-40-18-7-9-20-45(40)57(47(41)30-38)46-27-24-37(39-23-26-43-42-19-8-10-21-48(42)58-49(43)31-39)29-44(46)52-55-50(34-13-3-1-4-14-34)54-51(56-52)35-15-5-2-6-16-35/h1-31H. The van der Waals surface area contributed by atoms with Crippen LogP contribution in [0.25, 0.3) is 104 Å². The average molecular weight is 758 g/mol. The van der Waals surface area contributed by atoms with E-state index in [4.69, 9.17) is 15.0 Å². The summed E-state index contributed by atoms with van der Waals surface area (Å²) < 4.78 is 4.87. The summed E-state index contributed by atoms with van der Waals surface area (Å²) in [7, 11) is 0. The Bertz CT molecular complexity index is 3360. The van der Waals surface area contributed by atoms with Crippen molar-refractivity contribution in [2.24, 2.45) is 0 Å². The number of nitrogens with zero attached hydrogens (tertiary/aromatic N) is 5.